The highest BCUT2D eigenvalue weighted by Crippen LogP contribution is 2.36. The van der Waals surface area contributed by atoms with Gasteiger partial charge in [0, 0.05) is 15.6 Å². The Kier molecular flexibility index (Phi) is 4.54. The minimum Gasteiger partial charge on any atom is -0.306 e. The van der Waals surface area contributed by atoms with E-state index in [1.807, 2.05) is 24.3 Å². The lowest BCUT2D eigenvalue weighted by molar-refractivity contribution is 0.255. The van der Waals surface area contributed by atoms with Gasteiger partial charge in [-0.2, -0.15) is 0 Å². The van der Waals surface area contributed by atoms with Crippen molar-refractivity contribution in [2.24, 2.45) is 0 Å². The van der Waals surface area contributed by atoms with Gasteiger partial charge in [0.15, 0.2) is 0 Å². The highest BCUT2D eigenvalue weighted by atomic mass is 35.5. The summed E-state index contributed by atoms with van der Waals surface area (Å²) in [5, 5.41) is 1.38. The first-order valence-corrected chi connectivity index (χ1v) is 8.04. The average molecular weight is 319 g/mol. The SMILES string of the molecule is CN1CCC(c2c[c]cc(-c3c(Cl)cccc3Cl)c2)CC1. The van der Waals surface area contributed by atoms with Crippen LogP contribution in [0.3, 0.4) is 0 Å². The van der Waals surface area contributed by atoms with Gasteiger partial charge in [-0.25, -0.2) is 0 Å². The molecule has 0 unspecified atom stereocenters. The molecule has 0 atom stereocenters. The van der Waals surface area contributed by atoms with E-state index >= 15 is 0 Å². The van der Waals surface area contributed by atoms with Crippen LogP contribution < -0.4 is 0 Å². The van der Waals surface area contributed by atoms with E-state index in [9.17, 15) is 0 Å². The fraction of sp³-hybridized carbons (Fsp3) is 0.333. The van der Waals surface area contributed by atoms with Gasteiger partial charge in [-0.1, -0.05) is 41.4 Å². The summed E-state index contributed by atoms with van der Waals surface area (Å²) in [5.41, 5.74) is 3.31. The van der Waals surface area contributed by atoms with Gasteiger partial charge < -0.3 is 4.90 Å². The molecule has 0 saturated carbocycles. The summed E-state index contributed by atoms with van der Waals surface area (Å²) >= 11 is 12.6. The van der Waals surface area contributed by atoms with Crippen LogP contribution in [0.25, 0.3) is 11.1 Å². The van der Waals surface area contributed by atoms with Crippen LogP contribution in [-0.2, 0) is 0 Å². The van der Waals surface area contributed by atoms with E-state index in [0.717, 1.165) is 24.2 Å². The van der Waals surface area contributed by atoms with Gasteiger partial charge in [0.05, 0.1) is 0 Å². The van der Waals surface area contributed by atoms with Gasteiger partial charge in [0.1, 0.15) is 0 Å². The largest absolute Gasteiger partial charge is 0.306 e. The topological polar surface area (TPSA) is 3.24 Å². The summed E-state index contributed by atoms with van der Waals surface area (Å²) in [5.74, 6) is 0.610. The summed E-state index contributed by atoms with van der Waals surface area (Å²) in [6, 6.07) is 15.2. The fourth-order valence-electron chi connectivity index (χ4n) is 2.99. The normalized spacial score (nSPS) is 17.1. The Morgan fingerprint density at radius 2 is 1.76 bits per heavy atom. The minimum atomic E-state index is 0.610. The first kappa shape index (κ1) is 14.9. The maximum Gasteiger partial charge on any atom is 0.0499 e. The molecule has 1 radical (unpaired) electrons. The van der Waals surface area contributed by atoms with Gasteiger partial charge in [-0.3, -0.25) is 0 Å². The van der Waals surface area contributed by atoms with Crippen LogP contribution in [0.5, 0.6) is 0 Å². The highest BCUT2D eigenvalue weighted by Gasteiger charge is 2.19. The van der Waals surface area contributed by atoms with Gasteiger partial charge in [-0.15, -0.1) is 0 Å². The van der Waals surface area contributed by atoms with Crippen molar-refractivity contribution in [2.45, 2.75) is 18.8 Å². The third kappa shape index (κ3) is 3.26. The summed E-state index contributed by atoms with van der Waals surface area (Å²) in [6.07, 6.45) is 2.40. The van der Waals surface area contributed by atoms with E-state index in [1.54, 1.807) is 0 Å². The van der Waals surface area contributed by atoms with Crippen molar-refractivity contribution in [3.63, 3.8) is 0 Å². The molecule has 0 bridgehead atoms. The van der Waals surface area contributed by atoms with Crippen LogP contribution in [0.15, 0.2) is 36.4 Å². The zero-order valence-corrected chi connectivity index (χ0v) is 13.6. The maximum absolute atomic E-state index is 6.32. The van der Waals surface area contributed by atoms with Crippen molar-refractivity contribution in [1.82, 2.24) is 4.90 Å². The molecule has 0 spiro atoms. The molecule has 1 fully saturated rings. The molecule has 1 heterocycles. The lowest BCUT2D eigenvalue weighted by Crippen LogP contribution is -2.29. The molecule has 1 nitrogen and oxygen atoms in total. The van der Waals surface area contributed by atoms with Crippen LogP contribution in [0, 0.1) is 6.07 Å². The monoisotopic (exact) mass is 318 g/mol. The zero-order chi connectivity index (χ0) is 14.8. The number of likely N-dealkylation sites (tertiary alicyclic amines) is 1. The Hall–Kier alpha value is -1.02. The smallest absolute Gasteiger partial charge is 0.0499 e. The van der Waals surface area contributed by atoms with Gasteiger partial charge in [-0.05, 0) is 74.3 Å². The standard InChI is InChI=1S/C18H18Cl2N/c1-21-10-8-13(9-11-21)14-4-2-5-15(12-14)18-16(19)6-3-7-17(18)20/h3-7,12-13H,8-11H2,1H3. The molecule has 0 amide bonds. The predicted octanol–water partition coefficient (Wildman–Crippen LogP) is 5.27. The quantitative estimate of drug-likeness (QED) is 0.729. The lowest BCUT2D eigenvalue weighted by Gasteiger charge is -2.29. The molecule has 2 aromatic rings. The van der Waals surface area contributed by atoms with Crippen molar-refractivity contribution < 1.29 is 0 Å². The van der Waals surface area contributed by atoms with Crippen molar-refractivity contribution >= 4 is 23.2 Å². The first-order chi connectivity index (χ1) is 10.1. The molecule has 1 saturated heterocycles. The maximum atomic E-state index is 6.32. The Bertz CT molecular complexity index is 611. The second kappa shape index (κ2) is 6.39. The molecule has 0 N–H and O–H groups in total. The molecular weight excluding hydrogens is 301 g/mol. The van der Waals surface area contributed by atoms with E-state index in [4.69, 9.17) is 23.2 Å². The van der Waals surface area contributed by atoms with Crippen LogP contribution >= 0.6 is 23.2 Å². The molecule has 21 heavy (non-hydrogen) atoms. The second-order valence-corrected chi connectivity index (χ2v) is 6.54. The third-order valence-corrected chi connectivity index (χ3v) is 4.88. The molecule has 3 heteroatoms. The zero-order valence-electron chi connectivity index (χ0n) is 12.1. The molecule has 1 aliphatic heterocycles. The fourth-order valence-corrected chi connectivity index (χ4v) is 3.60. The molecule has 0 aliphatic carbocycles. The van der Waals surface area contributed by atoms with E-state index in [-0.39, 0.29) is 0 Å². The molecule has 2 aromatic carbocycles. The number of hydrogen-bond acceptors (Lipinski definition) is 1. The Morgan fingerprint density at radius 3 is 2.43 bits per heavy atom. The summed E-state index contributed by atoms with van der Waals surface area (Å²) < 4.78 is 0. The number of rotatable bonds is 2. The number of benzene rings is 2. The van der Waals surface area contributed by atoms with Crippen LogP contribution in [0.4, 0.5) is 0 Å². The second-order valence-electron chi connectivity index (χ2n) is 5.73. The Morgan fingerprint density at radius 1 is 1.10 bits per heavy atom. The van der Waals surface area contributed by atoms with Crippen molar-refractivity contribution in [3.8, 4) is 11.1 Å². The Balaban J connectivity index is 1.93. The molecule has 109 valence electrons. The minimum absolute atomic E-state index is 0.610. The average Bonchev–Trinajstić information content (AvgIpc) is 2.48. The van der Waals surface area contributed by atoms with Crippen LogP contribution in [-0.4, -0.2) is 25.0 Å². The van der Waals surface area contributed by atoms with E-state index in [2.05, 4.69) is 30.1 Å². The molecule has 3 rings (SSSR count). The van der Waals surface area contributed by atoms with Crippen LogP contribution in [0.2, 0.25) is 10.0 Å². The molecule has 1 aliphatic rings. The predicted molar refractivity (Wildman–Crippen MR) is 90.2 cm³/mol. The summed E-state index contributed by atoms with van der Waals surface area (Å²) in [4.78, 5) is 2.38. The van der Waals surface area contributed by atoms with Crippen molar-refractivity contribution in [1.29, 1.82) is 0 Å². The molecular formula is C18H18Cl2N. The summed E-state index contributed by atoms with van der Waals surface area (Å²) in [7, 11) is 2.18. The first-order valence-electron chi connectivity index (χ1n) is 7.29. The lowest BCUT2D eigenvalue weighted by atomic mass is 9.88. The third-order valence-electron chi connectivity index (χ3n) is 4.25. The highest BCUT2D eigenvalue weighted by molar-refractivity contribution is 6.39. The van der Waals surface area contributed by atoms with Gasteiger partial charge in [0.25, 0.3) is 0 Å². The van der Waals surface area contributed by atoms with Crippen molar-refractivity contribution in [3.05, 3.63) is 58.1 Å². The van der Waals surface area contributed by atoms with Gasteiger partial charge >= 0.3 is 0 Å². The van der Waals surface area contributed by atoms with E-state index in [0.29, 0.717) is 16.0 Å². The van der Waals surface area contributed by atoms with E-state index < -0.39 is 0 Å². The number of nitrogens with zero attached hydrogens (tertiary/aromatic N) is 1. The Labute approximate surface area is 136 Å². The molecule has 0 aromatic heterocycles. The summed E-state index contributed by atoms with van der Waals surface area (Å²) in [6.45, 7) is 2.31. The van der Waals surface area contributed by atoms with E-state index in [1.165, 1.54) is 18.4 Å². The number of piperidine rings is 1. The number of halogens is 2. The van der Waals surface area contributed by atoms with Crippen molar-refractivity contribution in [2.75, 3.05) is 20.1 Å². The van der Waals surface area contributed by atoms with Crippen LogP contribution in [0.1, 0.15) is 24.3 Å². The number of hydrogen-bond donors (Lipinski definition) is 0. The van der Waals surface area contributed by atoms with Gasteiger partial charge in [0.2, 0.25) is 0 Å².